The van der Waals surface area contributed by atoms with E-state index in [0.717, 1.165) is 6.92 Å². The standard InChI is InChI=1S/C10H13F5O2/c1-4-5-7(11)9(12,13)10(14,15)17-8(16)6(2)3/h7H,2,4-5H2,1,3H3. The minimum absolute atomic E-state index is 0.0404. The van der Waals surface area contributed by atoms with Crippen molar-refractivity contribution < 1.29 is 31.5 Å². The first-order valence-corrected chi connectivity index (χ1v) is 4.84. The molecule has 100 valence electrons. The molecular weight excluding hydrogens is 247 g/mol. The summed E-state index contributed by atoms with van der Waals surface area (Å²) in [5, 5.41) is 0. The van der Waals surface area contributed by atoms with Crippen LogP contribution in [-0.2, 0) is 9.53 Å². The minimum atomic E-state index is -5.20. The van der Waals surface area contributed by atoms with Crippen LogP contribution in [0.2, 0.25) is 0 Å². The Kier molecular flexibility index (Phi) is 5.10. The fourth-order valence-corrected chi connectivity index (χ4v) is 0.889. The average Bonchev–Trinajstić information content (AvgIpc) is 2.16. The highest BCUT2D eigenvalue weighted by Crippen LogP contribution is 2.41. The van der Waals surface area contributed by atoms with Crippen LogP contribution in [0.15, 0.2) is 12.2 Å². The molecule has 0 saturated carbocycles. The topological polar surface area (TPSA) is 26.3 Å². The van der Waals surface area contributed by atoms with E-state index in [1.54, 1.807) is 0 Å². The van der Waals surface area contributed by atoms with Gasteiger partial charge in [-0.15, -0.1) is 0 Å². The van der Waals surface area contributed by atoms with Crippen molar-refractivity contribution in [3.8, 4) is 0 Å². The first-order chi connectivity index (χ1) is 7.56. The van der Waals surface area contributed by atoms with Gasteiger partial charge in [-0.1, -0.05) is 19.9 Å². The zero-order valence-electron chi connectivity index (χ0n) is 9.40. The second-order valence-corrected chi connectivity index (χ2v) is 3.57. The lowest BCUT2D eigenvalue weighted by Gasteiger charge is -2.27. The van der Waals surface area contributed by atoms with Gasteiger partial charge in [0, 0.05) is 5.57 Å². The van der Waals surface area contributed by atoms with Crippen molar-refractivity contribution >= 4 is 5.97 Å². The number of carbonyl (C=O) groups is 1. The Morgan fingerprint density at radius 2 is 1.82 bits per heavy atom. The van der Waals surface area contributed by atoms with Crippen molar-refractivity contribution in [2.45, 2.75) is 44.9 Å². The summed E-state index contributed by atoms with van der Waals surface area (Å²) in [6, 6.07) is 0. The van der Waals surface area contributed by atoms with E-state index in [0.29, 0.717) is 0 Å². The molecule has 0 rings (SSSR count). The van der Waals surface area contributed by atoms with Gasteiger partial charge in [-0.05, 0) is 13.3 Å². The maximum absolute atomic E-state index is 13.0. The van der Waals surface area contributed by atoms with Gasteiger partial charge in [-0.3, -0.25) is 0 Å². The van der Waals surface area contributed by atoms with Crippen LogP contribution in [0.25, 0.3) is 0 Å². The third-order valence-electron chi connectivity index (χ3n) is 1.89. The summed E-state index contributed by atoms with van der Waals surface area (Å²) in [7, 11) is 0. The van der Waals surface area contributed by atoms with Gasteiger partial charge in [-0.25, -0.2) is 9.18 Å². The number of hydrogen-bond acceptors (Lipinski definition) is 2. The van der Waals surface area contributed by atoms with Crippen LogP contribution in [0, 0.1) is 0 Å². The molecule has 0 aromatic carbocycles. The molecule has 7 heteroatoms. The molecule has 1 atom stereocenters. The lowest BCUT2D eigenvalue weighted by molar-refractivity contribution is -0.345. The summed E-state index contributed by atoms with van der Waals surface area (Å²) < 4.78 is 67.9. The largest absolute Gasteiger partial charge is 0.469 e. The average molecular weight is 260 g/mol. The molecule has 0 N–H and O–H groups in total. The van der Waals surface area contributed by atoms with E-state index in [1.807, 2.05) is 0 Å². The van der Waals surface area contributed by atoms with E-state index in [4.69, 9.17) is 0 Å². The van der Waals surface area contributed by atoms with Crippen LogP contribution < -0.4 is 0 Å². The Hall–Kier alpha value is -1.14. The van der Waals surface area contributed by atoms with Crippen LogP contribution >= 0.6 is 0 Å². The molecule has 0 spiro atoms. The third-order valence-corrected chi connectivity index (χ3v) is 1.89. The van der Waals surface area contributed by atoms with Crippen LogP contribution in [0.3, 0.4) is 0 Å². The van der Waals surface area contributed by atoms with Crippen LogP contribution in [0.1, 0.15) is 26.7 Å². The zero-order valence-corrected chi connectivity index (χ0v) is 9.40. The molecule has 0 aliphatic rings. The van der Waals surface area contributed by atoms with E-state index in [2.05, 4.69) is 11.3 Å². The summed E-state index contributed by atoms with van der Waals surface area (Å²) in [4.78, 5) is 10.7. The van der Waals surface area contributed by atoms with E-state index < -0.39 is 36.2 Å². The Morgan fingerprint density at radius 3 is 2.18 bits per heavy atom. The van der Waals surface area contributed by atoms with Gasteiger partial charge in [0.05, 0.1) is 0 Å². The van der Waals surface area contributed by atoms with Crippen LogP contribution in [0.5, 0.6) is 0 Å². The fraction of sp³-hybridized carbons (Fsp3) is 0.700. The highest BCUT2D eigenvalue weighted by Gasteiger charge is 2.65. The Bertz CT molecular complexity index is 301. The Balaban J connectivity index is 4.89. The highest BCUT2D eigenvalue weighted by molar-refractivity contribution is 5.87. The molecule has 0 aromatic rings. The lowest BCUT2D eigenvalue weighted by atomic mass is 10.1. The zero-order chi connectivity index (χ0) is 13.9. The number of esters is 1. The van der Waals surface area contributed by atoms with Gasteiger partial charge in [0.25, 0.3) is 0 Å². The fourth-order valence-electron chi connectivity index (χ4n) is 0.889. The SMILES string of the molecule is C=C(C)C(=O)OC(F)(F)C(F)(F)C(F)CCC. The quantitative estimate of drug-likeness (QED) is 0.415. The van der Waals surface area contributed by atoms with Gasteiger partial charge in [0.15, 0.2) is 6.17 Å². The number of hydrogen-bond donors (Lipinski definition) is 0. The van der Waals surface area contributed by atoms with Crippen LogP contribution in [0.4, 0.5) is 22.0 Å². The van der Waals surface area contributed by atoms with E-state index in [9.17, 15) is 26.7 Å². The maximum atomic E-state index is 13.0. The van der Waals surface area contributed by atoms with Crippen molar-refractivity contribution in [3.05, 3.63) is 12.2 Å². The molecule has 0 radical (unpaired) electrons. The molecule has 1 unspecified atom stereocenters. The molecule has 0 bridgehead atoms. The summed E-state index contributed by atoms with van der Waals surface area (Å²) in [5.74, 6) is -6.76. The maximum Gasteiger partial charge on any atom is 0.469 e. The number of ether oxygens (including phenoxy) is 1. The van der Waals surface area contributed by atoms with Gasteiger partial charge in [-0.2, -0.15) is 17.6 Å². The first-order valence-electron chi connectivity index (χ1n) is 4.84. The van der Waals surface area contributed by atoms with Crippen molar-refractivity contribution in [2.75, 3.05) is 0 Å². The second kappa shape index (κ2) is 5.46. The smallest absolute Gasteiger partial charge is 0.393 e. The van der Waals surface area contributed by atoms with Gasteiger partial charge < -0.3 is 4.74 Å². The normalized spacial score (nSPS) is 14.3. The molecule has 0 amide bonds. The van der Waals surface area contributed by atoms with Crippen molar-refractivity contribution in [1.82, 2.24) is 0 Å². The van der Waals surface area contributed by atoms with Gasteiger partial charge in [0.2, 0.25) is 0 Å². The van der Waals surface area contributed by atoms with E-state index >= 15 is 0 Å². The lowest BCUT2D eigenvalue weighted by Crippen LogP contribution is -2.50. The van der Waals surface area contributed by atoms with E-state index in [-0.39, 0.29) is 6.42 Å². The minimum Gasteiger partial charge on any atom is -0.393 e. The molecule has 0 aromatic heterocycles. The van der Waals surface area contributed by atoms with Crippen molar-refractivity contribution in [3.63, 3.8) is 0 Å². The predicted octanol–water partition coefficient (Wildman–Crippen LogP) is 3.47. The summed E-state index contributed by atoms with van der Waals surface area (Å²) in [6.07, 6.45) is -9.08. The molecule has 0 saturated heterocycles. The number of alkyl halides is 5. The van der Waals surface area contributed by atoms with Crippen molar-refractivity contribution in [1.29, 1.82) is 0 Å². The predicted molar refractivity (Wildman–Crippen MR) is 50.6 cm³/mol. The number of carbonyl (C=O) groups excluding carboxylic acids is 1. The summed E-state index contributed by atoms with van der Waals surface area (Å²) in [6.45, 7) is 5.33. The van der Waals surface area contributed by atoms with Crippen LogP contribution in [-0.4, -0.2) is 24.2 Å². The van der Waals surface area contributed by atoms with Gasteiger partial charge in [0.1, 0.15) is 0 Å². The molecule has 0 aliphatic carbocycles. The monoisotopic (exact) mass is 260 g/mol. The summed E-state index contributed by atoms with van der Waals surface area (Å²) in [5.41, 5.74) is -0.480. The van der Waals surface area contributed by atoms with Gasteiger partial charge >= 0.3 is 18.0 Å². The first kappa shape index (κ1) is 15.9. The van der Waals surface area contributed by atoms with Crippen molar-refractivity contribution in [2.24, 2.45) is 0 Å². The second-order valence-electron chi connectivity index (χ2n) is 3.57. The highest BCUT2D eigenvalue weighted by atomic mass is 19.3. The third kappa shape index (κ3) is 3.67. The number of halogens is 5. The molecular formula is C10H13F5O2. The summed E-state index contributed by atoms with van der Waals surface area (Å²) >= 11 is 0. The number of rotatable bonds is 6. The molecule has 0 fully saturated rings. The Morgan fingerprint density at radius 1 is 1.35 bits per heavy atom. The molecule has 0 aliphatic heterocycles. The molecule has 17 heavy (non-hydrogen) atoms. The van der Waals surface area contributed by atoms with E-state index in [1.165, 1.54) is 6.92 Å². The Labute approximate surface area is 95.4 Å². The molecule has 0 heterocycles. The molecule has 2 nitrogen and oxygen atoms in total.